The molecular weight excluding hydrogens is 302 g/mol. The van der Waals surface area contributed by atoms with Gasteiger partial charge in [-0.15, -0.1) is 0 Å². The molecule has 0 aromatic carbocycles. The van der Waals surface area contributed by atoms with Crippen LogP contribution in [0.4, 0.5) is 5.82 Å². The minimum atomic E-state index is -3.53. The van der Waals surface area contributed by atoms with Crippen LogP contribution in [0, 0.1) is 5.92 Å². The first kappa shape index (κ1) is 15.5. The largest absolute Gasteiger partial charge is 0.384 e. The van der Waals surface area contributed by atoms with E-state index in [-0.39, 0.29) is 10.8 Å². The lowest BCUT2D eigenvalue weighted by molar-refractivity contribution is 0.157. The number of pyridine rings is 1. The van der Waals surface area contributed by atoms with Crippen molar-refractivity contribution in [3.63, 3.8) is 0 Å². The van der Waals surface area contributed by atoms with Gasteiger partial charge in [-0.3, -0.25) is 0 Å². The van der Waals surface area contributed by atoms with Crippen LogP contribution in [0.5, 0.6) is 0 Å². The third-order valence-electron chi connectivity index (χ3n) is 3.34. The molecule has 8 heteroatoms. The van der Waals surface area contributed by atoms with Crippen LogP contribution in [-0.4, -0.2) is 51.6 Å². The summed E-state index contributed by atoms with van der Waals surface area (Å²) in [5, 5.41) is 3.09. The highest BCUT2D eigenvalue weighted by molar-refractivity contribution is 7.89. The van der Waals surface area contributed by atoms with Crippen LogP contribution in [0.2, 0.25) is 5.02 Å². The van der Waals surface area contributed by atoms with Gasteiger partial charge in [0.15, 0.2) is 0 Å². The Hall–Kier alpha value is -0.890. The van der Waals surface area contributed by atoms with Crippen LogP contribution in [-0.2, 0) is 14.8 Å². The van der Waals surface area contributed by atoms with Gasteiger partial charge in [0.05, 0.1) is 11.6 Å². The zero-order valence-corrected chi connectivity index (χ0v) is 13.0. The molecule has 1 aromatic rings. The molecule has 1 atom stereocenters. The number of halogens is 1. The molecule has 2 heterocycles. The van der Waals surface area contributed by atoms with E-state index < -0.39 is 10.0 Å². The first-order valence-corrected chi connectivity index (χ1v) is 8.13. The number of nitrogens with zero attached hydrogens (tertiary/aromatic N) is 2. The van der Waals surface area contributed by atoms with Gasteiger partial charge in [-0.1, -0.05) is 11.6 Å². The first-order valence-electron chi connectivity index (χ1n) is 6.31. The number of sulfonamides is 1. The average Bonchev–Trinajstić information content (AvgIpc) is 2.88. The second-order valence-corrected chi connectivity index (χ2v) is 7.07. The molecule has 0 aliphatic carbocycles. The van der Waals surface area contributed by atoms with E-state index in [0.29, 0.717) is 30.5 Å². The SMILES string of the molecule is CNc1ncc(S(=O)(=O)N2CCC(COC)C2)cc1Cl. The van der Waals surface area contributed by atoms with E-state index >= 15 is 0 Å². The van der Waals surface area contributed by atoms with Crippen LogP contribution >= 0.6 is 11.6 Å². The molecule has 1 aliphatic heterocycles. The Bertz CT molecular complexity index is 579. The number of hydrogen-bond donors (Lipinski definition) is 1. The molecule has 2 rings (SSSR count). The highest BCUT2D eigenvalue weighted by Gasteiger charge is 2.32. The van der Waals surface area contributed by atoms with E-state index in [1.54, 1.807) is 14.2 Å². The highest BCUT2D eigenvalue weighted by atomic mass is 35.5. The van der Waals surface area contributed by atoms with Gasteiger partial charge < -0.3 is 10.1 Å². The lowest BCUT2D eigenvalue weighted by Gasteiger charge is -2.17. The Labute approximate surface area is 124 Å². The van der Waals surface area contributed by atoms with Gasteiger partial charge in [0, 0.05) is 33.4 Å². The molecule has 0 amide bonds. The van der Waals surface area contributed by atoms with Crippen LogP contribution in [0.15, 0.2) is 17.2 Å². The number of ether oxygens (including phenoxy) is 1. The summed E-state index contributed by atoms with van der Waals surface area (Å²) in [6.45, 7) is 1.55. The van der Waals surface area contributed by atoms with Crippen molar-refractivity contribution in [2.24, 2.45) is 5.92 Å². The Morgan fingerprint density at radius 2 is 2.35 bits per heavy atom. The van der Waals surface area contributed by atoms with Crippen molar-refractivity contribution < 1.29 is 13.2 Å². The average molecular weight is 320 g/mol. The molecule has 1 aliphatic rings. The van der Waals surface area contributed by atoms with Crippen molar-refractivity contribution in [2.45, 2.75) is 11.3 Å². The minimum absolute atomic E-state index is 0.125. The van der Waals surface area contributed by atoms with Gasteiger partial charge in [-0.2, -0.15) is 4.31 Å². The third-order valence-corrected chi connectivity index (χ3v) is 5.46. The molecule has 1 unspecified atom stereocenters. The van der Waals surface area contributed by atoms with Crippen molar-refractivity contribution in [3.8, 4) is 0 Å². The molecule has 1 saturated heterocycles. The fourth-order valence-corrected chi connectivity index (χ4v) is 4.11. The summed E-state index contributed by atoms with van der Waals surface area (Å²) in [6.07, 6.45) is 2.14. The second kappa shape index (κ2) is 6.26. The number of hydrogen-bond acceptors (Lipinski definition) is 5. The molecule has 20 heavy (non-hydrogen) atoms. The molecule has 0 spiro atoms. The molecule has 0 radical (unpaired) electrons. The van der Waals surface area contributed by atoms with Crippen LogP contribution in [0.3, 0.4) is 0 Å². The topological polar surface area (TPSA) is 71.5 Å². The quantitative estimate of drug-likeness (QED) is 0.889. The Kier molecular flexibility index (Phi) is 4.85. The molecule has 1 N–H and O–H groups in total. The van der Waals surface area contributed by atoms with E-state index in [1.807, 2.05) is 0 Å². The molecule has 1 fully saturated rings. The zero-order chi connectivity index (χ0) is 14.8. The number of nitrogens with one attached hydrogen (secondary N) is 1. The van der Waals surface area contributed by atoms with Crippen LogP contribution in [0.25, 0.3) is 0 Å². The zero-order valence-electron chi connectivity index (χ0n) is 11.5. The van der Waals surface area contributed by atoms with E-state index in [0.717, 1.165) is 6.42 Å². The van der Waals surface area contributed by atoms with E-state index in [4.69, 9.17) is 16.3 Å². The monoisotopic (exact) mass is 319 g/mol. The van der Waals surface area contributed by atoms with Gasteiger partial charge in [-0.05, 0) is 18.4 Å². The summed E-state index contributed by atoms with van der Waals surface area (Å²) in [7, 11) is -0.233. The summed E-state index contributed by atoms with van der Waals surface area (Å²) < 4.78 is 31.5. The van der Waals surface area contributed by atoms with E-state index in [2.05, 4.69) is 10.3 Å². The van der Waals surface area contributed by atoms with Crippen molar-refractivity contribution in [1.82, 2.24) is 9.29 Å². The minimum Gasteiger partial charge on any atom is -0.384 e. The van der Waals surface area contributed by atoms with Crippen molar-refractivity contribution in [3.05, 3.63) is 17.3 Å². The summed E-state index contributed by atoms with van der Waals surface area (Å²) in [5.74, 6) is 0.707. The standard InChI is InChI=1S/C12H18ClN3O3S/c1-14-12-11(13)5-10(6-15-12)20(17,18)16-4-3-9(7-16)8-19-2/h5-6,9H,3-4,7-8H2,1-2H3,(H,14,15). The van der Waals surface area contributed by atoms with Gasteiger partial charge in [-0.25, -0.2) is 13.4 Å². The Morgan fingerprint density at radius 3 is 2.95 bits per heavy atom. The van der Waals surface area contributed by atoms with Gasteiger partial charge in [0.25, 0.3) is 0 Å². The fraction of sp³-hybridized carbons (Fsp3) is 0.583. The van der Waals surface area contributed by atoms with Crippen molar-refractivity contribution >= 4 is 27.4 Å². The maximum absolute atomic E-state index is 12.5. The highest BCUT2D eigenvalue weighted by Crippen LogP contribution is 2.27. The van der Waals surface area contributed by atoms with Crippen LogP contribution in [0.1, 0.15) is 6.42 Å². The summed E-state index contributed by atoms with van der Waals surface area (Å²) in [4.78, 5) is 4.14. The number of rotatable bonds is 5. The first-order chi connectivity index (χ1) is 9.48. The maximum atomic E-state index is 12.5. The number of anilines is 1. The normalized spacial score (nSPS) is 20.2. The lowest BCUT2D eigenvalue weighted by Crippen LogP contribution is -2.29. The van der Waals surface area contributed by atoms with Crippen molar-refractivity contribution in [1.29, 1.82) is 0 Å². The van der Waals surface area contributed by atoms with Gasteiger partial charge >= 0.3 is 0 Å². The molecule has 1 aromatic heterocycles. The summed E-state index contributed by atoms with van der Waals surface area (Å²) >= 11 is 5.99. The Balaban J connectivity index is 2.21. The number of methoxy groups -OCH3 is 1. The Morgan fingerprint density at radius 1 is 1.60 bits per heavy atom. The summed E-state index contributed by atoms with van der Waals surface area (Å²) in [5.41, 5.74) is 0. The predicted molar refractivity (Wildman–Crippen MR) is 77.5 cm³/mol. The number of aromatic nitrogens is 1. The smallest absolute Gasteiger partial charge is 0.244 e. The molecule has 112 valence electrons. The molecular formula is C12H18ClN3O3S. The summed E-state index contributed by atoms with van der Waals surface area (Å²) in [6, 6.07) is 1.43. The second-order valence-electron chi connectivity index (χ2n) is 4.72. The fourth-order valence-electron chi connectivity index (χ4n) is 2.28. The van der Waals surface area contributed by atoms with E-state index in [1.165, 1.54) is 16.6 Å². The van der Waals surface area contributed by atoms with Crippen LogP contribution < -0.4 is 5.32 Å². The molecule has 6 nitrogen and oxygen atoms in total. The van der Waals surface area contributed by atoms with Gasteiger partial charge in [0.1, 0.15) is 10.7 Å². The van der Waals surface area contributed by atoms with Crippen molar-refractivity contribution in [2.75, 3.05) is 39.2 Å². The van der Waals surface area contributed by atoms with E-state index in [9.17, 15) is 8.42 Å². The molecule has 0 bridgehead atoms. The molecule has 0 saturated carbocycles. The predicted octanol–water partition coefficient (Wildman–Crippen LogP) is 1.43. The maximum Gasteiger partial charge on any atom is 0.244 e. The third kappa shape index (κ3) is 3.06. The van der Waals surface area contributed by atoms with Gasteiger partial charge in [0.2, 0.25) is 10.0 Å². The lowest BCUT2D eigenvalue weighted by atomic mass is 10.1.